The normalized spacial score (nSPS) is 18.8. The predicted molar refractivity (Wildman–Crippen MR) is 66.0 cm³/mol. The molecule has 2 N–H and O–H groups in total. The van der Waals surface area contributed by atoms with Gasteiger partial charge in [-0.05, 0) is 18.3 Å². The van der Waals surface area contributed by atoms with Crippen LogP contribution in [0.25, 0.3) is 0 Å². The lowest BCUT2D eigenvalue weighted by molar-refractivity contribution is 0.280. The van der Waals surface area contributed by atoms with Crippen LogP contribution in [0.2, 0.25) is 0 Å². The van der Waals surface area contributed by atoms with Crippen LogP contribution < -0.4 is 5.73 Å². The van der Waals surface area contributed by atoms with Crippen LogP contribution >= 0.6 is 0 Å². The maximum absolute atomic E-state index is 6.18. The fraction of sp³-hybridized carbons (Fsp3) is 0.769. The van der Waals surface area contributed by atoms with Gasteiger partial charge in [0, 0.05) is 18.8 Å². The van der Waals surface area contributed by atoms with E-state index >= 15 is 0 Å². The minimum absolute atomic E-state index is 0.115. The zero-order valence-corrected chi connectivity index (χ0v) is 10.4. The third-order valence-electron chi connectivity index (χ3n) is 3.81. The lowest BCUT2D eigenvalue weighted by atomic mass is 9.83. The molecule has 0 radical (unpaired) electrons. The van der Waals surface area contributed by atoms with Crippen LogP contribution in [-0.2, 0) is 6.54 Å². The highest BCUT2D eigenvalue weighted by molar-refractivity contribution is 5.05. The Labute approximate surface area is 98.1 Å². The Balaban J connectivity index is 1.95. The summed E-state index contributed by atoms with van der Waals surface area (Å²) >= 11 is 0. The van der Waals surface area contributed by atoms with Gasteiger partial charge in [0.2, 0.25) is 0 Å². The molecule has 1 atom stereocenters. The van der Waals surface area contributed by atoms with Crippen LogP contribution in [-0.4, -0.2) is 9.55 Å². The van der Waals surface area contributed by atoms with Crippen LogP contribution in [0.3, 0.4) is 0 Å². The first-order valence-corrected chi connectivity index (χ1v) is 6.44. The van der Waals surface area contributed by atoms with E-state index in [4.69, 9.17) is 5.73 Å². The number of nitrogens with two attached hydrogens (primary N) is 1. The van der Waals surface area contributed by atoms with Crippen molar-refractivity contribution in [1.82, 2.24) is 9.55 Å². The van der Waals surface area contributed by atoms with Crippen molar-refractivity contribution in [3.8, 4) is 0 Å². The monoisotopic (exact) mass is 221 g/mol. The minimum atomic E-state index is 0.115. The topological polar surface area (TPSA) is 43.8 Å². The van der Waals surface area contributed by atoms with E-state index in [0.717, 1.165) is 12.5 Å². The highest BCUT2D eigenvalue weighted by atomic mass is 15.1. The molecule has 90 valence electrons. The number of hydrogen-bond acceptors (Lipinski definition) is 2. The van der Waals surface area contributed by atoms with Crippen molar-refractivity contribution in [1.29, 1.82) is 0 Å². The number of hydrogen-bond donors (Lipinski definition) is 1. The average molecular weight is 221 g/mol. The van der Waals surface area contributed by atoms with Gasteiger partial charge in [-0.15, -0.1) is 0 Å². The largest absolute Gasteiger partial charge is 0.333 e. The molecule has 1 heterocycles. The number of rotatable bonds is 5. The van der Waals surface area contributed by atoms with E-state index in [9.17, 15) is 0 Å². The van der Waals surface area contributed by atoms with Crippen molar-refractivity contribution < 1.29 is 0 Å². The van der Waals surface area contributed by atoms with Gasteiger partial charge in [-0.1, -0.05) is 33.1 Å². The molecule has 0 spiro atoms. The first-order valence-electron chi connectivity index (χ1n) is 6.44. The van der Waals surface area contributed by atoms with Crippen LogP contribution in [0.1, 0.15) is 51.3 Å². The van der Waals surface area contributed by atoms with Crippen molar-refractivity contribution in [2.45, 2.75) is 52.1 Å². The molecule has 0 aromatic carbocycles. The number of imidazole rings is 1. The Morgan fingerprint density at radius 3 is 2.81 bits per heavy atom. The molecule has 0 saturated heterocycles. The van der Waals surface area contributed by atoms with Gasteiger partial charge in [0.25, 0.3) is 0 Å². The zero-order valence-electron chi connectivity index (χ0n) is 10.4. The van der Waals surface area contributed by atoms with Gasteiger partial charge < -0.3 is 10.3 Å². The summed E-state index contributed by atoms with van der Waals surface area (Å²) in [6.07, 6.45) is 9.39. The van der Waals surface area contributed by atoms with Gasteiger partial charge in [0.1, 0.15) is 0 Å². The molecule has 1 aromatic heterocycles. The third kappa shape index (κ3) is 2.46. The summed E-state index contributed by atoms with van der Waals surface area (Å²) in [5.74, 6) is 1.42. The first kappa shape index (κ1) is 11.6. The fourth-order valence-corrected chi connectivity index (χ4v) is 2.24. The van der Waals surface area contributed by atoms with E-state index in [0.29, 0.717) is 5.92 Å². The maximum Gasteiger partial charge on any atom is 0.0948 e. The van der Waals surface area contributed by atoms with E-state index in [-0.39, 0.29) is 6.04 Å². The highest BCUT2D eigenvalue weighted by Crippen LogP contribution is 2.30. The average Bonchev–Trinajstić information content (AvgIpc) is 2.62. The van der Waals surface area contributed by atoms with Crippen molar-refractivity contribution in [2.75, 3.05) is 0 Å². The lowest BCUT2D eigenvalue weighted by Crippen LogP contribution is -2.21. The summed E-state index contributed by atoms with van der Waals surface area (Å²) < 4.78 is 2.24. The van der Waals surface area contributed by atoms with E-state index < -0.39 is 0 Å². The molecule has 0 bridgehead atoms. The van der Waals surface area contributed by atoms with Crippen LogP contribution in [0.5, 0.6) is 0 Å². The highest BCUT2D eigenvalue weighted by Gasteiger charge is 2.19. The standard InChI is InChI=1S/C13H23N3/c1-10(2)13(14)12-8-15-9-16(12)7-6-11-4-3-5-11/h8-11,13H,3-7,14H2,1-2H3. The van der Waals surface area contributed by atoms with Crippen LogP contribution in [0.4, 0.5) is 0 Å². The SMILES string of the molecule is CC(C)C(N)c1cncn1CCC1CCC1. The summed E-state index contributed by atoms with van der Waals surface area (Å²) in [4.78, 5) is 4.23. The van der Waals surface area contributed by atoms with E-state index in [2.05, 4.69) is 23.4 Å². The second kappa shape index (κ2) is 5.00. The Kier molecular flexibility index (Phi) is 3.64. The van der Waals surface area contributed by atoms with Gasteiger partial charge in [-0.3, -0.25) is 0 Å². The van der Waals surface area contributed by atoms with Crippen molar-refractivity contribution >= 4 is 0 Å². The molecule has 16 heavy (non-hydrogen) atoms. The number of aryl methyl sites for hydroxylation is 1. The molecule has 1 saturated carbocycles. The molecule has 2 rings (SSSR count). The Bertz CT molecular complexity index is 326. The number of nitrogens with zero attached hydrogens (tertiary/aromatic N) is 2. The van der Waals surface area contributed by atoms with Crippen LogP contribution in [0, 0.1) is 11.8 Å². The Hall–Kier alpha value is -0.830. The number of aromatic nitrogens is 2. The lowest BCUT2D eigenvalue weighted by Gasteiger charge is -2.26. The molecule has 1 aliphatic carbocycles. The minimum Gasteiger partial charge on any atom is -0.333 e. The molecule has 3 nitrogen and oxygen atoms in total. The molecule has 0 amide bonds. The molecular weight excluding hydrogens is 198 g/mol. The van der Waals surface area contributed by atoms with Gasteiger partial charge in [0.05, 0.1) is 12.0 Å². The predicted octanol–water partition coefficient (Wildman–Crippen LogP) is 2.73. The van der Waals surface area contributed by atoms with Crippen molar-refractivity contribution in [3.63, 3.8) is 0 Å². The summed E-state index contributed by atoms with van der Waals surface area (Å²) in [6.45, 7) is 5.41. The van der Waals surface area contributed by atoms with Gasteiger partial charge in [-0.2, -0.15) is 0 Å². The second-order valence-electron chi connectivity index (χ2n) is 5.37. The van der Waals surface area contributed by atoms with Gasteiger partial charge >= 0.3 is 0 Å². The molecule has 1 fully saturated rings. The fourth-order valence-electron chi connectivity index (χ4n) is 2.24. The van der Waals surface area contributed by atoms with Gasteiger partial charge in [0.15, 0.2) is 0 Å². The van der Waals surface area contributed by atoms with Crippen LogP contribution in [0.15, 0.2) is 12.5 Å². The molecular formula is C13H23N3. The molecule has 3 heteroatoms. The summed E-state index contributed by atoms with van der Waals surface area (Å²) in [5, 5.41) is 0. The third-order valence-corrected chi connectivity index (χ3v) is 3.81. The molecule has 1 aliphatic rings. The second-order valence-corrected chi connectivity index (χ2v) is 5.37. The zero-order chi connectivity index (χ0) is 11.5. The smallest absolute Gasteiger partial charge is 0.0948 e. The van der Waals surface area contributed by atoms with E-state index in [1.54, 1.807) is 0 Å². The molecule has 1 aromatic rings. The summed E-state index contributed by atoms with van der Waals surface area (Å²) in [6, 6.07) is 0.115. The summed E-state index contributed by atoms with van der Waals surface area (Å²) in [5.41, 5.74) is 7.36. The van der Waals surface area contributed by atoms with Crippen molar-refractivity contribution in [2.24, 2.45) is 17.6 Å². The Morgan fingerprint density at radius 2 is 2.25 bits per heavy atom. The van der Waals surface area contributed by atoms with E-state index in [1.165, 1.54) is 31.4 Å². The Morgan fingerprint density at radius 1 is 1.50 bits per heavy atom. The quantitative estimate of drug-likeness (QED) is 0.830. The first-order chi connectivity index (χ1) is 7.68. The maximum atomic E-state index is 6.18. The van der Waals surface area contributed by atoms with E-state index in [1.807, 2.05) is 12.5 Å². The van der Waals surface area contributed by atoms with Crippen molar-refractivity contribution in [3.05, 3.63) is 18.2 Å². The summed E-state index contributed by atoms with van der Waals surface area (Å²) in [7, 11) is 0. The molecule has 1 unspecified atom stereocenters. The van der Waals surface area contributed by atoms with Gasteiger partial charge in [-0.25, -0.2) is 4.98 Å². The molecule has 0 aliphatic heterocycles.